The first-order valence-electron chi connectivity index (χ1n) is 5.22. The number of ether oxygens (including phenoxy) is 1. The molecule has 0 fully saturated rings. The lowest BCUT2D eigenvalue weighted by Crippen LogP contribution is -2.13. The van der Waals surface area contributed by atoms with Crippen LogP contribution in [0.2, 0.25) is 5.02 Å². The van der Waals surface area contributed by atoms with Crippen molar-refractivity contribution in [1.82, 2.24) is 4.98 Å². The maximum absolute atomic E-state index is 11.1. The number of primary amides is 1. The zero-order chi connectivity index (χ0) is 13.1. The van der Waals surface area contributed by atoms with Crippen molar-refractivity contribution in [3.05, 3.63) is 47.2 Å². The van der Waals surface area contributed by atoms with Crippen LogP contribution in [0.5, 0.6) is 5.75 Å². The minimum absolute atomic E-state index is 0.167. The van der Waals surface area contributed by atoms with Crippen molar-refractivity contribution < 1.29 is 9.53 Å². The molecule has 0 aliphatic heterocycles. The van der Waals surface area contributed by atoms with Gasteiger partial charge in [-0.25, -0.2) is 4.98 Å². The van der Waals surface area contributed by atoms with E-state index in [1.807, 2.05) is 24.3 Å². The number of methoxy groups -OCH3 is 1. The van der Waals surface area contributed by atoms with Crippen LogP contribution in [0.4, 0.5) is 0 Å². The molecular formula is C13H11ClN2O2. The number of hydrogen-bond donors (Lipinski definition) is 1. The van der Waals surface area contributed by atoms with Crippen LogP contribution in [0.3, 0.4) is 0 Å². The number of pyridine rings is 1. The lowest BCUT2D eigenvalue weighted by molar-refractivity contribution is 0.0995. The molecule has 2 rings (SSSR count). The number of para-hydroxylation sites is 1. The van der Waals surface area contributed by atoms with E-state index in [0.29, 0.717) is 16.3 Å². The fourth-order valence-electron chi connectivity index (χ4n) is 1.65. The van der Waals surface area contributed by atoms with Gasteiger partial charge in [-0.15, -0.1) is 0 Å². The Morgan fingerprint density at radius 3 is 2.72 bits per heavy atom. The van der Waals surface area contributed by atoms with E-state index in [2.05, 4.69) is 4.98 Å². The quantitative estimate of drug-likeness (QED) is 0.924. The maximum Gasteiger partial charge on any atom is 0.267 e. The molecule has 0 radical (unpaired) electrons. The minimum atomic E-state index is -0.595. The van der Waals surface area contributed by atoms with Crippen LogP contribution in [0, 0.1) is 0 Å². The van der Waals surface area contributed by atoms with Gasteiger partial charge in [0.1, 0.15) is 11.4 Å². The van der Waals surface area contributed by atoms with E-state index in [4.69, 9.17) is 22.1 Å². The van der Waals surface area contributed by atoms with Gasteiger partial charge in [-0.1, -0.05) is 29.8 Å². The number of nitrogens with zero attached hydrogens (tertiary/aromatic N) is 1. The number of nitrogens with two attached hydrogens (primary N) is 1. The van der Waals surface area contributed by atoms with Crippen LogP contribution >= 0.6 is 11.6 Å². The molecule has 5 heteroatoms. The highest BCUT2D eigenvalue weighted by Gasteiger charge is 2.12. The van der Waals surface area contributed by atoms with Crippen LogP contribution in [-0.4, -0.2) is 18.0 Å². The van der Waals surface area contributed by atoms with Gasteiger partial charge >= 0.3 is 0 Å². The fraction of sp³-hybridized carbons (Fsp3) is 0.0769. The van der Waals surface area contributed by atoms with E-state index in [1.165, 1.54) is 6.20 Å². The second kappa shape index (κ2) is 5.06. The maximum atomic E-state index is 11.1. The summed E-state index contributed by atoms with van der Waals surface area (Å²) in [6.45, 7) is 0. The molecule has 1 amide bonds. The topological polar surface area (TPSA) is 65.2 Å². The van der Waals surface area contributed by atoms with Crippen molar-refractivity contribution in [2.24, 2.45) is 5.73 Å². The van der Waals surface area contributed by atoms with Gasteiger partial charge in [0.2, 0.25) is 0 Å². The summed E-state index contributed by atoms with van der Waals surface area (Å²) in [4.78, 5) is 15.0. The molecule has 1 aromatic carbocycles. The molecule has 0 aliphatic carbocycles. The molecule has 0 saturated carbocycles. The van der Waals surface area contributed by atoms with Gasteiger partial charge < -0.3 is 10.5 Å². The molecule has 0 bridgehead atoms. The Balaban J connectivity index is 2.62. The number of amides is 1. The van der Waals surface area contributed by atoms with Crippen molar-refractivity contribution in [3.8, 4) is 16.9 Å². The number of carbonyl (C=O) groups excluding carboxylic acids is 1. The van der Waals surface area contributed by atoms with Crippen molar-refractivity contribution in [1.29, 1.82) is 0 Å². The van der Waals surface area contributed by atoms with Crippen molar-refractivity contribution >= 4 is 17.5 Å². The molecular weight excluding hydrogens is 252 g/mol. The SMILES string of the molecule is COc1ccccc1-c1cc(C(N)=O)ncc1Cl. The lowest BCUT2D eigenvalue weighted by Gasteiger charge is -2.10. The van der Waals surface area contributed by atoms with Gasteiger partial charge in [-0.3, -0.25) is 4.79 Å². The molecule has 0 atom stereocenters. The van der Waals surface area contributed by atoms with Crippen molar-refractivity contribution in [2.75, 3.05) is 7.11 Å². The van der Waals surface area contributed by atoms with E-state index >= 15 is 0 Å². The highest BCUT2D eigenvalue weighted by molar-refractivity contribution is 6.33. The molecule has 4 nitrogen and oxygen atoms in total. The zero-order valence-corrected chi connectivity index (χ0v) is 10.4. The van der Waals surface area contributed by atoms with Gasteiger partial charge in [-0.05, 0) is 12.1 Å². The lowest BCUT2D eigenvalue weighted by atomic mass is 10.0. The van der Waals surface area contributed by atoms with Crippen molar-refractivity contribution in [3.63, 3.8) is 0 Å². The van der Waals surface area contributed by atoms with Gasteiger partial charge in [0.05, 0.1) is 12.1 Å². The average Bonchev–Trinajstić information content (AvgIpc) is 2.39. The van der Waals surface area contributed by atoms with E-state index in [1.54, 1.807) is 13.2 Å². The first-order chi connectivity index (χ1) is 8.63. The third-order valence-electron chi connectivity index (χ3n) is 2.50. The summed E-state index contributed by atoms with van der Waals surface area (Å²) in [5.41, 5.74) is 6.82. The number of halogens is 1. The predicted octanol–water partition coefficient (Wildman–Crippen LogP) is 2.51. The second-order valence-corrected chi connectivity index (χ2v) is 4.02. The summed E-state index contributed by atoms with van der Waals surface area (Å²) >= 11 is 6.09. The molecule has 2 aromatic rings. The summed E-state index contributed by atoms with van der Waals surface area (Å²) in [7, 11) is 1.57. The molecule has 0 spiro atoms. The number of benzene rings is 1. The highest BCUT2D eigenvalue weighted by atomic mass is 35.5. The Bertz CT molecular complexity index is 599. The highest BCUT2D eigenvalue weighted by Crippen LogP contribution is 2.34. The first kappa shape index (κ1) is 12.4. The van der Waals surface area contributed by atoms with Crippen LogP contribution in [0.15, 0.2) is 36.5 Å². The third kappa shape index (κ3) is 2.28. The minimum Gasteiger partial charge on any atom is -0.496 e. The summed E-state index contributed by atoms with van der Waals surface area (Å²) in [6.07, 6.45) is 1.41. The Kier molecular flexibility index (Phi) is 3.48. The third-order valence-corrected chi connectivity index (χ3v) is 2.81. The Labute approximate surface area is 109 Å². The van der Waals surface area contributed by atoms with Gasteiger partial charge in [0.15, 0.2) is 0 Å². The largest absolute Gasteiger partial charge is 0.496 e. The molecule has 0 unspecified atom stereocenters. The van der Waals surface area contributed by atoms with Crippen LogP contribution < -0.4 is 10.5 Å². The molecule has 0 aliphatic rings. The number of hydrogen-bond acceptors (Lipinski definition) is 3. The molecule has 0 saturated heterocycles. The Hall–Kier alpha value is -2.07. The first-order valence-corrected chi connectivity index (χ1v) is 5.60. The molecule has 2 N–H and O–H groups in total. The van der Waals surface area contributed by atoms with Crippen LogP contribution in [0.1, 0.15) is 10.5 Å². The molecule has 1 heterocycles. The molecule has 18 heavy (non-hydrogen) atoms. The van der Waals surface area contributed by atoms with Gasteiger partial charge in [0.25, 0.3) is 5.91 Å². The number of aromatic nitrogens is 1. The monoisotopic (exact) mass is 262 g/mol. The Morgan fingerprint density at radius 1 is 1.33 bits per heavy atom. The van der Waals surface area contributed by atoms with E-state index in [-0.39, 0.29) is 5.69 Å². The van der Waals surface area contributed by atoms with Crippen LogP contribution in [0.25, 0.3) is 11.1 Å². The fourth-order valence-corrected chi connectivity index (χ4v) is 1.85. The summed E-state index contributed by atoms with van der Waals surface area (Å²) in [5, 5.41) is 0.435. The van der Waals surface area contributed by atoms with E-state index in [0.717, 1.165) is 5.56 Å². The Morgan fingerprint density at radius 2 is 2.06 bits per heavy atom. The summed E-state index contributed by atoms with van der Waals surface area (Å²) in [5.74, 6) is 0.0730. The normalized spacial score (nSPS) is 10.1. The molecule has 92 valence electrons. The van der Waals surface area contributed by atoms with Crippen molar-refractivity contribution in [2.45, 2.75) is 0 Å². The van der Waals surface area contributed by atoms with Gasteiger partial charge in [0, 0.05) is 17.3 Å². The second-order valence-electron chi connectivity index (χ2n) is 3.61. The van der Waals surface area contributed by atoms with E-state index < -0.39 is 5.91 Å². The smallest absolute Gasteiger partial charge is 0.267 e. The summed E-state index contributed by atoms with van der Waals surface area (Å²) < 4.78 is 5.26. The molecule has 1 aromatic heterocycles. The number of rotatable bonds is 3. The average molecular weight is 263 g/mol. The standard InChI is InChI=1S/C13H11ClN2O2/c1-18-12-5-3-2-4-8(12)9-6-11(13(15)17)16-7-10(9)14/h2-7H,1H3,(H2,15,17). The van der Waals surface area contributed by atoms with Gasteiger partial charge in [-0.2, -0.15) is 0 Å². The van der Waals surface area contributed by atoms with E-state index in [9.17, 15) is 4.79 Å². The number of carbonyl (C=O) groups is 1. The zero-order valence-electron chi connectivity index (χ0n) is 9.68. The van der Waals surface area contributed by atoms with Crippen LogP contribution in [-0.2, 0) is 0 Å². The summed E-state index contributed by atoms with van der Waals surface area (Å²) in [6, 6.07) is 8.94. The predicted molar refractivity (Wildman–Crippen MR) is 69.8 cm³/mol.